The highest BCUT2D eigenvalue weighted by Gasteiger charge is 2.00. The molecule has 0 aromatic heterocycles. The molecule has 0 rings (SSSR count). The van der Waals surface area contributed by atoms with Crippen molar-refractivity contribution in [3.05, 3.63) is 0 Å². The molecular formula is C10H22N2O2. The van der Waals surface area contributed by atoms with Gasteiger partial charge in [0.15, 0.2) is 0 Å². The van der Waals surface area contributed by atoms with Crippen molar-refractivity contribution in [2.24, 2.45) is 11.5 Å². The van der Waals surface area contributed by atoms with Gasteiger partial charge in [0.2, 0.25) is 0 Å². The fourth-order valence-electron chi connectivity index (χ4n) is 1.29. The first-order valence-corrected chi connectivity index (χ1v) is 5.37. The van der Waals surface area contributed by atoms with Crippen molar-refractivity contribution in [1.29, 1.82) is 0 Å². The number of hydrogen-bond donors (Lipinski definition) is 2. The molecule has 4 heteroatoms. The smallest absolute Gasteiger partial charge is 0.307 e. The van der Waals surface area contributed by atoms with Crippen LogP contribution in [0.2, 0.25) is 0 Å². The number of rotatable bonds is 9. The van der Waals surface area contributed by atoms with E-state index in [4.69, 9.17) is 11.5 Å². The van der Waals surface area contributed by atoms with Crippen LogP contribution in [0.25, 0.3) is 0 Å². The Morgan fingerprint density at radius 2 is 1.50 bits per heavy atom. The highest BCUT2D eigenvalue weighted by Crippen LogP contribution is 2.07. The van der Waals surface area contributed by atoms with Crippen LogP contribution in [0.4, 0.5) is 0 Å². The normalized spacial score (nSPS) is 10.1. The fraction of sp³-hybridized carbons (Fsp3) is 0.900. The summed E-state index contributed by atoms with van der Waals surface area (Å²) in [6, 6.07) is 0. The van der Waals surface area contributed by atoms with E-state index in [2.05, 4.69) is 4.74 Å². The molecule has 0 atom stereocenters. The van der Waals surface area contributed by atoms with Gasteiger partial charge in [-0.3, -0.25) is 10.5 Å². The molecule has 0 bridgehead atoms. The van der Waals surface area contributed by atoms with Crippen molar-refractivity contribution in [3.63, 3.8) is 0 Å². The van der Waals surface area contributed by atoms with Crippen LogP contribution in [0.3, 0.4) is 0 Å². The van der Waals surface area contributed by atoms with Crippen molar-refractivity contribution in [2.45, 2.75) is 44.9 Å². The third kappa shape index (κ3) is 9.48. The van der Waals surface area contributed by atoms with Crippen LogP contribution < -0.4 is 11.5 Å². The Kier molecular flexibility index (Phi) is 10.0. The summed E-state index contributed by atoms with van der Waals surface area (Å²) in [6.45, 7) is 0.776. The van der Waals surface area contributed by atoms with Crippen LogP contribution in [0, 0.1) is 0 Å². The zero-order valence-electron chi connectivity index (χ0n) is 8.84. The van der Waals surface area contributed by atoms with E-state index < -0.39 is 0 Å². The Bertz CT molecular complexity index is 140. The molecule has 0 fully saturated rings. The summed E-state index contributed by atoms with van der Waals surface area (Å²) >= 11 is 0. The van der Waals surface area contributed by atoms with Crippen molar-refractivity contribution in [1.82, 2.24) is 0 Å². The Hall–Kier alpha value is -0.610. The third-order valence-electron chi connectivity index (χ3n) is 2.08. The number of esters is 1. The number of ether oxygens (including phenoxy) is 1. The summed E-state index contributed by atoms with van der Waals surface area (Å²) in [5.74, 6) is -0.186. The van der Waals surface area contributed by atoms with E-state index in [9.17, 15) is 4.79 Å². The average molecular weight is 202 g/mol. The molecule has 0 saturated heterocycles. The minimum absolute atomic E-state index is 0.00463. The van der Waals surface area contributed by atoms with Crippen LogP contribution in [0.1, 0.15) is 44.9 Å². The quantitative estimate of drug-likeness (QED) is 0.334. The first kappa shape index (κ1) is 13.4. The zero-order chi connectivity index (χ0) is 10.6. The highest BCUT2D eigenvalue weighted by atomic mass is 16.5. The molecule has 0 aliphatic rings. The predicted octanol–water partition coefficient (Wildman–Crippen LogP) is 1.14. The lowest BCUT2D eigenvalue weighted by Gasteiger charge is -2.01. The summed E-state index contributed by atoms with van der Waals surface area (Å²) in [5, 5.41) is 0. The maximum Gasteiger partial charge on any atom is 0.307 e. The van der Waals surface area contributed by atoms with Gasteiger partial charge in [0.1, 0.15) is 6.73 Å². The molecule has 0 saturated carbocycles. The number of hydrogen-bond acceptors (Lipinski definition) is 4. The molecule has 0 aromatic carbocycles. The van der Waals surface area contributed by atoms with Gasteiger partial charge >= 0.3 is 5.97 Å². The van der Waals surface area contributed by atoms with E-state index in [0.29, 0.717) is 6.42 Å². The lowest BCUT2D eigenvalue weighted by Crippen LogP contribution is -2.11. The van der Waals surface area contributed by atoms with Gasteiger partial charge in [0, 0.05) is 6.42 Å². The summed E-state index contributed by atoms with van der Waals surface area (Å²) in [6.07, 6.45) is 7.18. The van der Waals surface area contributed by atoms with Crippen LogP contribution >= 0.6 is 0 Å². The Balaban J connectivity index is 3.01. The SMILES string of the molecule is NCCCCCCCCC(=O)OCN. The van der Waals surface area contributed by atoms with Gasteiger partial charge in [-0.1, -0.05) is 25.7 Å². The summed E-state index contributed by atoms with van der Waals surface area (Å²) in [4.78, 5) is 10.9. The predicted molar refractivity (Wildman–Crippen MR) is 56.5 cm³/mol. The second kappa shape index (κ2) is 10.5. The van der Waals surface area contributed by atoms with Gasteiger partial charge in [0.05, 0.1) is 0 Å². The molecule has 84 valence electrons. The Morgan fingerprint density at radius 3 is 2.07 bits per heavy atom. The van der Waals surface area contributed by atoms with Gasteiger partial charge in [-0.15, -0.1) is 0 Å². The third-order valence-corrected chi connectivity index (χ3v) is 2.08. The van der Waals surface area contributed by atoms with Crippen LogP contribution in [-0.2, 0) is 9.53 Å². The molecule has 0 radical (unpaired) electrons. The second-order valence-electron chi connectivity index (χ2n) is 3.34. The summed E-state index contributed by atoms with van der Waals surface area (Å²) in [7, 11) is 0. The van der Waals surface area contributed by atoms with Crippen molar-refractivity contribution in [3.8, 4) is 0 Å². The molecule has 0 aliphatic carbocycles. The molecular weight excluding hydrogens is 180 g/mol. The van der Waals surface area contributed by atoms with Gasteiger partial charge < -0.3 is 10.5 Å². The van der Waals surface area contributed by atoms with Crippen molar-refractivity contribution >= 4 is 5.97 Å². The van der Waals surface area contributed by atoms with E-state index in [-0.39, 0.29) is 12.7 Å². The maximum absolute atomic E-state index is 10.9. The first-order chi connectivity index (χ1) is 6.81. The second-order valence-corrected chi connectivity index (χ2v) is 3.34. The minimum Gasteiger partial charge on any atom is -0.450 e. The Morgan fingerprint density at radius 1 is 0.929 bits per heavy atom. The van der Waals surface area contributed by atoms with Crippen molar-refractivity contribution in [2.75, 3.05) is 13.3 Å². The average Bonchev–Trinajstić information content (AvgIpc) is 2.17. The van der Waals surface area contributed by atoms with Crippen LogP contribution in [0.5, 0.6) is 0 Å². The van der Waals surface area contributed by atoms with Gasteiger partial charge in [-0.25, -0.2) is 0 Å². The number of nitrogens with two attached hydrogens (primary N) is 2. The monoisotopic (exact) mass is 202 g/mol. The van der Waals surface area contributed by atoms with Gasteiger partial charge in [0.25, 0.3) is 0 Å². The highest BCUT2D eigenvalue weighted by molar-refractivity contribution is 5.69. The molecule has 4 N–H and O–H groups in total. The van der Waals surface area contributed by atoms with Gasteiger partial charge in [-0.05, 0) is 19.4 Å². The Labute approximate surface area is 86.0 Å². The largest absolute Gasteiger partial charge is 0.450 e. The number of carbonyl (C=O) groups is 1. The van der Waals surface area contributed by atoms with E-state index in [1.165, 1.54) is 19.3 Å². The molecule has 4 nitrogen and oxygen atoms in total. The maximum atomic E-state index is 10.9. The zero-order valence-corrected chi connectivity index (χ0v) is 8.84. The van der Waals surface area contributed by atoms with E-state index in [1.807, 2.05) is 0 Å². The van der Waals surface area contributed by atoms with Crippen LogP contribution in [-0.4, -0.2) is 19.2 Å². The van der Waals surface area contributed by atoms with E-state index in [0.717, 1.165) is 25.8 Å². The molecule has 0 aromatic rings. The fourth-order valence-corrected chi connectivity index (χ4v) is 1.29. The molecule has 0 aliphatic heterocycles. The van der Waals surface area contributed by atoms with Gasteiger partial charge in [-0.2, -0.15) is 0 Å². The molecule has 14 heavy (non-hydrogen) atoms. The molecule has 0 amide bonds. The molecule has 0 spiro atoms. The number of unbranched alkanes of at least 4 members (excludes halogenated alkanes) is 5. The minimum atomic E-state index is -0.186. The first-order valence-electron chi connectivity index (χ1n) is 5.37. The topological polar surface area (TPSA) is 78.3 Å². The lowest BCUT2D eigenvalue weighted by molar-refractivity contribution is -0.143. The molecule has 0 heterocycles. The van der Waals surface area contributed by atoms with Crippen LogP contribution in [0.15, 0.2) is 0 Å². The standard InChI is InChI=1S/C10H22N2O2/c11-8-6-4-2-1-3-5-7-10(13)14-9-12/h1-9,11-12H2. The lowest BCUT2D eigenvalue weighted by atomic mass is 10.1. The molecule has 0 unspecified atom stereocenters. The van der Waals surface area contributed by atoms with E-state index in [1.54, 1.807) is 0 Å². The summed E-state index contributed by atoms with van der Waals surface area (Å²) < 4.78 is 4.61. The van der Waals surface area contributed by atoms with Crippen molar-refractivity contribution < 1.29 is 9.53 Å². The summed E-state index contributed by atoms with van der Waals surface area (Å²) in [5.41, 5.74) is 10.4. The number of carbonyl (C=O) groups excluding carboxylic acids is 1. The van der Waals surface area contributed by atoms with E-state index >= 15 is 0 Å².